The highest BCUT2D eigenvalue weighted by atomic mass is 32.1. The Hall–Kier alpha value is -1.59. The first kappa shape index (κ1) is 10.6. The summed E-state index contributed by atoms with van der Waals surface area (Å²) >= 11 is 6.75. The minimum absolute atomic E-state index is 0.643. The van der Waals surface area contributed by atoms with Gasteiger partial charge in [0, 0.05) is 5.56 Å². The van der Waals surface area contributed by atoms with Gasteiger partial charge in [-0.1, -0.05) is 53.4 Å². The first-order valence-electron chi connectivity index (χ1n) is 5.15. The van der Waals surface area contributed by atoms with Gasteiger partial charge in [-0.15, -0.1) is 0 Å². The molecule has 0 atom stereocenters. The van der Waals surface area contributed by atoms with Crippen molar-refractivity contribution < 1.29 is 0 Å². The van der Waals surface area contributed by atoms with Crippen LogP contribution in [-0.4, -0.2) is 15.0 Å². The van der Waals surface area contributed by atoms with E-state index in [0.29, 0.717) is 4.64 Å². The molecule has 0 saturated carbocycles. The third kappa shape index (κ3) is 1.87. The molecule has 2 heterocycles. The van der Waals surface area contributed by atoms with Gasteiger partial charge in [-0.25, -0.2) is 9.97 Å². The smallest absolute Gasteiger partial charge is 0.148 e. The summed E-state index contributed by atoms with van der Waals surface area (Å²) in [5.41, 5.74) is 3.13. The molecule has 3 aromatic rings. The van der Waals surface area contributed by atoms with Crippen LogP contribution >= 0.6 is 23.6 Å². The van der Waals surface area contributed by atoms with Gasteiger partial charge < -0.3 is 4.98 Å². The van der Waals surface area contributed by atoms with Crippen LogP contribution in [-0.2, 0) is 0 Å². The number of nitrogens with one attached hydrogen (secondary N) is 1. The molecule has 5 heteroatoms. The fourth-order valence-electron chi connectivity index (χ4n) is 1.58. The molecule has 17 heavy (non-hydrogen) atoms. The first-order valence-corrected chi connectivity index (χ1v) is 6.38. The van der Waals surface area contributed by atoms with Crippen LogP contribution in [0.25, 0.3) is 20.9 Å². The van der Waals surface area contributed by atoms with Gasteiger partial charge in [0.1, 0.15) is 20.0 Å². The van der Waals surface area contributed by atoms with E-state index in [1.54, 1.807) is 17.7 Å². The Kier molecular flexibility index (Phi) is 2.49. The predicted octanol–water partition coefficient (Wildman–Crippen LogP) is 3.72. The van der Waals surface area contributed by atoms with Gasteiger partial charge in [0.25, 0.3) is 0 Å². The summed E-state index contributed by atoms with van der Waals surface area (Å²) < 4.78 is 0.643. The Labute approximate surface area is 107 Å². The van der Waals surface area contributed by atoms with E-state index in [9.17, 15) is 0 Å². The van der Waals surface area contributed by atoms with Crippen molar-refractivity contribution in [2.75, 3.05) is 0 Å². The second-order valence-corrected chi connectivity index (χ2v) is 5.16. The van der Waals surface area contributed by atoms with E-state index in [2.05, 4.69) is 46.1 Å². The van der Waals surface area contributed by atoms with E-state index in [4.69, 9.17) is 12.2 Å². The number of aromatic amines is 1. The van der Waals surface area contributed by atoms with Gasteiger partial charge in [-0.3, -0.25) is 0 Å². The van der Waals surface area contributed by atoms with Crippen molar-refractivity contribution in [1.29, 1.82) is 0 Å². The molecule has 0 spiro atoms. The Morgan fingerprint density at radius 2 is 2.00 bits per heavy atom. The molecule has 0 bridgehead atoms. The maximum Gasteiger partial charge on any atom is 0.148 e. The molecule has 0 amide bonds. The topological polar surface area (TPSA) is 41.6 Å². The summed E-state index contributed by atoms with van der Waals surface area (Å²) in [6, 6.07) is 8.30. The van der Waals surface area contributed by atoms with Gasteiger partial charge in [0.05, 0.1) is 6.33 Å². The summed E-state index contributed by atoms with van der Waals surface area (Å²) in [5.74, 6) is 0. The molecule has 0 fully saturated rings. The zero-order chi connectivity index (χ0) is 11.8. The Morgan fingerprint density at radius 1 is 1.24 bits per heavy atom. The summed E-state index contributed by atoms with van der Waals surface area (Å²) in [7, 11) is 0. The zero-order valence-corrected chi connectivity index (χ0v) is 10.7. The van der Waals surface area contributed by atoms with E-state index in [1.807, 2.05) is 0 Å². The summed E-state index contributed by atoms with van der Waals surface area (Å²) in [6.07, 6.45) is 1.61. The lowest BCUT2D eigenvalue weighted by Crippen LogP contribution is -1.80. The second kappa shape index (κ2) is 4.01. The van der Waals surface area contributed by atoms with E-state index in [1.165, 1.54) is 5.56 Å². The molecule has 3 nitrogen and oxygen atoms in total. The number of aryl methyl sites for hydroxylation is 1. The average molecular weight is 259 g/mol. The van der Waals surface area contributed by atoms with Crippen LogP contribution in [0.3, 0.4) is 0 Å². The van der Waals surface area contributed by atoms with Gasteiger partial charge in [0.15, 0.2) is 0 Å². The van der Waals surface area contributed by atoms with Crippen molar-refractivity contribution in [3.63, 3.8) is 0 Å². The minimum atomic E-state index is 0.643. The lowest BCUT2D eigenvalue weighted by molar-refractivity contribution is 1.20. The fraction of sp³-hybridized carbons (Fsp3) is 0.0833. The molecule has 0 aliphatic carbocycles. The zero-order valence-electron chi connectivity index (χ0n) is 9.10. The van der Waals surface area contributed by atoms with Crippen molar-refractivity contribution in [1.82, 2.24) is 15.0 Å². The molecule has 0 saturated heterocycles. The molecule has 1 aromatic carbocycles. The van der Waals surface area contributed by atoms with Crippen LogP contribution < -0.4 is 0 Å². The molecule has 2 aromatic heterocycles. The summed E-state index contributed by atoms with van der Waals surface area (Å²) in [6.45, 7) is 2.07. The van der Waals surface area contributed by atoms with Gasteiger partial charge in [0.2, 0.25) is 0 Å². The Morgan fingerprint density at radius 3 is 2.71 bits per heavy atom. The number of hydrogen-bond acceptors (Lipinski definition) is 4. The second-order valence-electron chi connectivity index (χ2n) is 3.77. The van der Waals surface area contributed by atoms with E-state index in [0.717, 1.165) is 20.9 Å². The number of fused-ring (bicyclic) bond motifs is 1. The summed E-state index contributed by atoms with van der Waals surface area (Å²) in [5, 5.41) is 0.957. The number of thiazole rings is 1. The number of aromatic nitrogens is 3. The van der Waals surface area contributed by atoms with E-state index >= 15 is 0 Å². The highest BCUT2D eigenvalue weighted by Crippen LogP contribution is 2.28. The molecule has 0 aliphatic rings. The quantitative estimate of drug-likeness (QED) is 0.677. The first-order chi connectivity index (χ1) is 8.24. The van der Waals surface area contributed by atoms with Crippen molar-refractivity contribution in [2.45, 2.75) is 6.92 Å². The third-order valence-corrected chi connectivity index (χ3v) is 3.82. The molecule has 84 valence electrons. The lowest BCUT2D eigenvalue weighted by atomic mass is 10.2. The maximum atomic E-state index is 5.19. The normalized spacial score (nSPS) is 10.9. The van der Waals surface area contributed by atoms with Crippen LogP contribution in [0.1, 0.15) is 5.56 Å². The molecule has 1 N–H and O–H groups in total. The average Bonchev–Trinajstić information content (AvgIpc) is 2.75. The van der Waals surface area contributed by atoms with E-state index in [-0.39, 0.29) is 0 Å². The van der Waals surface area contributed by atoms with Gasteiger partial charge in [-0.05, 0) is 6.92 Å². The SMILES string of the molecule is Cc1ccc(-c2nc3c(=S)[nH]cnc3s2)cc1. The fourth-order valence-corrected chi connectivity index (χ4v) is 2.77. The molecular formula is C12H9N3S2. The number of benzene rings is 1. The van der Waals surface area contributed by atoms with Crippen molar-refractivity contribution >= 4 is 33.9 Å². The predicted molar refractivity (Wildman–Crippen MR) is 72.8 cm³/mol. The van der Waals surface area contributed by atoms with Gasteiger partial charge in [-0.2, -0.15) is 0 Å². The molecule has 3 rings (SSSR count). The molecule has 0 radical (unpaired) electrons. The molecule has 0 unspecified atom stereocenters. The largest absolute Gasteiger partial charge is 0.336 e. The standard InChI is InChI=1S/C12H9N3S2/c1-7-2-4-8(5-3-7)11-15-9-10(16)13-6-14-12(9)17-11/h2-6H,1H3,(H,13,14,16). The van der Waals surface area contributed by atoms with Crippen LogP contribution in [0.5, 0.6) is 0 Å². The molecule has 0 aliphatic heterocycles. The van der Waals surface area contributed by atoms with Crippen LogP contribution in [0.2, 0.25) is 0 Å². The van der Waals surface area contributed by atoms with Crippen molar-refractivity contribution in [3.05, 3.63) is 40.8 Å². The minimum Gasteiger partial charge on any atom is -0.336 e. The lowest BCUT2D eigenvalue weighted by Gasteiger charge is -1.95. The van der Waals surface area contributed by atoms with Crippen molar-refractivity contribution in [2.24, 2.45) is 0 Å². The number of rotatable bonds is 1. The van der Waals surface area contributed by atoms with Crippen LogP contribution in [0.4, 0.5) is 0 Å². The third-order valence-electron chi connectivity index (χ3n) is 2.50. The number of H-pyrrole nitrogens is 1. The highest BCUT2D eigenvalue weighted by Gasteiger charge is 2.07. The number of hydrogen-bond donors (Lipinski definition) is 1. The Balaban J connectivity index is 2.21. The van der Waals surface area contributed by atoms with Gasteiger partial charge >= 0.3 is 0 Å². The van der Waals surface area contributed by atoms with E-state index < -0.39 is 0 Å². The summed E-state index contributed by atoms with van der Waals surface area (Å²) in [4.78, 5) is 12.5. The Bertz CT molecular complexity index is 725. The van der Waals surface area contributed by atoms with Crippen LogP contribution in [0, 0.1) is 11.6 Å². The maximum absolute atomic E-state index is 5.19. The monoisotopic (exact) mass is 259 g/mol. The van der Waals surface area contributed by atoms with Crippen LogP contribution in [0.15, 0.2) is 30.6 Å². The van der Waals surface area contributed by atoms with Crippen molar-refractivity contribution in [3.8, 4) is 10.6 Å². The molecular weight excluding hydrogens is 250 g/mol. The highest BCUT2D eigenvalue weighted by molar-refractivity contribution is 7.71. The number of nitrogens with zero attached hydrogens (tertiary/aromatic N) is 2.